The average Bonchev–Trinajstić information content (AvgIpc) is 3.75. The molecule has 37 heavy (non-hydrogen) atoms. The van der Waals surface area contributed by atoms with Crippen molar-refractivity contribution in [2.24, 2.45) is 5.92 Å². The zero-order valence-electron chi connectivity index (χ0n) is 21.7. The lowest BCUT2D eigenvalue weighted by molar-refractivity contribution is 0.520. The van der Waals surface area contributed by atoms with Crippen LogP contribution in [0.1, 0.15) is 63.5 Å². The predicted octanol–water partition coefficient (Wildman–Crippen LogP) is 4.86. The van der Waals surface area contributed by atoms with Crippen LogP contribution in [0.2, 0.25) is 0 Å². The summed E-state index contributed by atoms with van der Waals surface area (Å²) < 4.78 is 1.71. The summed E-state index contributed by atoms with van der Waals surface area (Å²) in [6, 6.07) is 4.02. The van der Waals surface area contributed by atoms with Crippen molar-refractivity contribution in [3.05, 3.63) is 58.3 Å². The number of hydrogen-bond donors (Lipinski definition) is 1. The van der Waals surface area contributed by atoms with Gasteiger partial charge in [-0.3, -0.25) is 14.3 Å². The van der Waals surface area contributed by atoms with Crippen LogP contribution in [-0.4, -0.2) is 40.2 Å². The van der Waals surface area contributed by atoms with Crippen LogP contribution in [0.25, 0.3) is 22.6 Å². The van der Waals surface area contributed by atoms with Gasteiger partial charge in [0.05, 0.1) is 35.4 Å². The molecule has 192 valence electrons. The fourth-order valence-corrected chi connectivity index (χ4v) is 4.99. The van der Waals surface area contributed by atoms with Crippen molar-refractivity contribution in [1.29, 1.82) is 0 Å². The van der Waals surface area contributed by atoms with Gasteiger partial charge in [0.25, 0.3) is 5.56 Å². The highest BCUT2D eigenvalue weighted by molar-refractivity contribution is 7.99. The van der Waals surface area contributed by atoms with E-state index in [-0.39, 0.29) is 17.3 Å². The van der Waals surface area contributed by atoms with E-state index in [1.54, 1.807) is 28.9 Å². The normalized spacial score (nSPS) is 13.4. The van der Waals surface area contributed by atoms with Gasteiger partial charge in [0.1, 0.15) is 11.8 Å². The molecule has 0 aliphatic heterocycles. The highest BCUT2D eigenvalue weighted by atomic mass is 32.2. The van der Waals surface area contributed by atoms with Gasteiger partial charge in [-0.1, -0.05) is 27.7 Å². The number of thioether (sulfide) groups is 1. The van der Waals surface area contributed by atoms with Gasteiger partial charge < -0.3 is 5.32 Å². The smallest absolute Gasteiger partial charge is 0.294 e. The highest BCUT2D eigenvalue weighted by Gasteiger charge is 2.30. The topological polar surface area (TPSA) is 111 Å². The van der Waals surface area contributed by atoms with Crippen LogP contribution in [0.15, 0.2) is 40.5 Å². The summed E-state index contributed by atoms with van der Waals surface area (Å²) in [5.41, 5.74) is 4.56. The SMILES string of the molecule is CCSc1ccc(CNc2nc3cnc(-c4c(CC)ncnc4C4CC4)nc3n(CC(C)C)c2=O)nc1. The number of pyridine rings is 1. The van der Waals surface area contributed by atoms with Gasteiger partial charge in [0.15, 0.2) is 17.3 Å². The van der Waals surface area contributed by atoms with E-state index in [1.807, 2.05) is 18.3 Å². The molecular formula is C27H32N8OS. The van der Waals surface area contributed by atoms with Crippen LogP contribution in [0.4, 0.5) is 5.82 Å². The van der Waals surface area contributed by atoms with E-state index < -0.39 is 0 Å². The van der Waals surface area contributed by atoms with E-state index in [1.165, 1.54) is 0 Å². The third-order valence-electron chi connectivity index (χ3n) is 6.26. The number of nitrogens with one attached hydrogen (secondary N) is 1. The van der Waals surface area contributed by atoms with Crippen molar-refractivity contribution < 1.29 is 0 Å². The van der Waals surface area contributed by atoms with Crippen molar-refractivity contribution in [3.8, 4) is 11.4 Å². The van der Waals surface area contributed by atoms with Crippen molar-refractivity contribution in [2.45, 2.75) is 70.9 Å². The lowest BCUT2D eigenvalue weighted by atomic mass is 10.1. The Morgan fingerprint density at radius 1 is 1.08 bits per heavy atom. The monoisotopic (exact) mass is 516 g/mol. The molecule has 1 fully saturated rings. The van der Waals surface area contributed by atoms with Crippen LogP contribution in [0, 0.1) is 5.92 Å². The second-order valence-corrected chi connectivity index (χ2v) is 11.0. The first-order chi connectivity index (χ1) is 18.0. The number of aryl methyl sites for hydroxylation is 1. The molecular weight excluding hydrogens is 484 g/mol. The minimum absolute atomic E-state index is 0.202. The van der Waals surface area contributed by atoms with Crippen LogP contribution in [-0.2, 0) is 19.5 Å². The molecule has 5 rings (SSSR count). The Labute approximate surface area is 220 Å². The largest absolute Gasteiger partial charge is 0.360 e. The zero-order chi connectivity index (χ0) is 25.9. The van der Waals surface area contributed by atoms with Crippen LogP contribution < -0.4 is 10.9 Å². The van der Waals surface area contributed by atoms with Gasteiger partial charge in [0, 0.05) is 23.6 Å². The molecule has 0 atom stereocenters. The lowest BCUT2D eigenvalue weighted by Gasteiger charge is -2.16. The molecule has 0 radical (unpaired) electrons. The fraction of sp³-hybridized carbons (Fsp3) is 0.444. The number of fused-ring (bicyclic) bond motifs is 1. The zero-order valence-corrected chi connectivity index (χ0v) is 22.5. The minimum atomic E-state index is -0.202. The Hall–Kier alpha value is -3.40. The fourth-order valence-electron chi connectivity index (χ4n) is 4.36. The molecule has 0 bridgehead atoms. The van der Waals surface area contributed by atoms with Crippen molar-refractivity contribution in [3.63, 3.8) is 0 Å². The van der Waals surface area contributed by atoms with Crippen molar-refractivity contribution in [2.75, 3.05) is 11.1 Å². The predicted molar refractivity (Wildman–Crippen MR) is 147 cm³/mol. The summed E-state index contributed by atoms with van der Waals surface area (Å²) in [7, 11) is 0. The Morgan fingerprint density at radius 2 is 1.92 bits per heavy atom. The highest BCUT2D eigenvalue weighted by Crippen LogP contribution is 2.43. The molecule has 1 aliphatic rings. The molecule has 4 aromatic rings. The molecule has 4 heterocycles. The quantitative estimate of drug-likeness (QED) is 0.295. The number of hydrogen-bond acceptors (Lipinski definition) is 9. The number of aromatic nitrogens is 7. The molecule has 0 unspecified atom stereocenters. The molecule has 0 aromatic carbocycles. The molecule has 4 aromatic heterocycles. The molecule has 1 N–H and O–H groups in total. The van der Waals surface area contributed by atoms with Gasteiger partial charge in [-0.25, -0.2) is 24.9 Å². The molecule has 0 spiro atoms. The Balaban J connectivity index is 1.54. The Kier molecular flexibility index (Phi) is 7.45. The molecule has 1 saturated carbocycles. The van der Waals surface area contributed by atoms with Crippen LogP contribution in [0.5, 0.6) is 0 Å². The van der Waals surface area contributed by atoms with Gasteiger partial charge in [-0.05, 0) is 43.1 Å². The third kappa shape index (κ3) is 5.49. The van der Waals surface area contributed by atoms with E-state index in [9.17, 15) is 4.79 Å². The van der Waals surface area contributed by atoms with Crippen LogP contribution in [0.3, 0.4) is 0 Å². The summed E-state index contributed by atoms with van der Waals surface area (Å²) in [6.45, 7) is 9.27. The summed E-state index contributed by atoms with van der Waals surface area (Å²) in [4.78, 5) is 42.5. The molecule has 9 nitrogen and oxygen atoms in total. The third-order valence-corrected chi connectivity index (χ3v) is 7.12. The maximum atomic E-state index is 13.6. The molecule has 10 heteroatoms. The molecule has 1 aliphatic carbocycles. The first-order valence-electron chi connectivity index (χ1n) is 12.9. The summed E-state index contributed by atoms with van der Waals surface area (Å²) in [5, 5.41) is 3.19. The van der Waals surface area contributed by atoms with E-state index >= 15 is 0 Å². The number of anilines is 1. The summed E-state index contributed by atoms with van der Waals surface area (Å²) in [5.74, 6) is 2.49. The second-order valence-electron chi connectivity index (χ2n) is 9.65. The first-order valence-corrected chi connectivity index (χ1v) is 13.9. The maximum absolute atomic E-state index is 13.6. The maximum Gasteiger partial charge on any atom is 0.294 e. The number of nitrogens with zero attached hydrogens (tertiary/aromatic N) is 7. The Bertz CT molecular complexity index is 1460. The minimum Gasteiger partial charge on any atom is -0.360 e. The van der Waals surface area contributed by atoms with Crippen molar-refractivity contribution in [1.82, 2.24) is 34.5 Å². The standard InChI is InChI=1S/C27H32N8OS/c1-5-20-22(23(17-7-8-17)32-15-31-20)24-30-13-21-26(34-24)35(14-16(3)4)27(36)25(33-21)29-11-18-9-10-19(12-28-18)37-6-2/h9-10,12-13,15-17H,5-8,11,14H2,1-4H3,(H,29,33). The van der Waals surface area contributed by atoms with E-state index in [4.69, 9.17) is 4.98 Å². The second kappa shape index (κ2) is 10.9. The van der Waals surface area contributed by atoms with Gasteiger partial charge in [-0.2, -0.15) is 0 Å². The van der Waals surface area contributed by atoms with Gasteiger partial charge in [0.2, 0.25) is 0 Å². The first kappa shape index (κ1) is 25.3. The van der Waals surface area contributed by atoms with Crippen LogP contribution >= 0.6 is 11.8 Å². The Morgan fingerprint density at radius 3 is 2.59 bits per heavy atom. The summed E-state index contributed by atoms with van der Waals surface area (Å²) >= 11 is 1.75. The molecule has 0 saturated heterocycles. The lowest BCUT2D eigenvalue weighted by Crippen LogP contribution is -2.28. The van der Waals surface area contributed by atoms with Gasteiger partial charge in [-0.15, -0.1) is 11.8 Å². The van der Waals surface area contributed by atoms with Gasteiger partial charge >= 0.3 is 0 Å². The molecule has 0 amide bonds. The van der Waals surface area contributed by atoms with Crippen molar-refractivity contribution >= 4 is 28.7 Å². The average molecular weight is 517 g/mol. The van der Waals surface area contributed by atoms with E-state index in [2.05, 4.69) is 57.9 Å². The van der Waals surface area contributed by atoms with E-state index in [0.29, 0.717) is 36.0 Å². The summed E-state index contributed by atoms with van der Waals surface area (Å²) in [6.07, 6.45) is 8.19. The number of rotatable bonds is 10. The van der Waals surface area contributed by atoms with E-state index in [0.717, 1.165) is 52.6 Å².